The average Bonchev–Trinajstić information content (AvgIpc) is 3.13. The molecule has 2 aliphatic rings. The highest BCUT2D eigenvalue weighted by Crippen LogP contribution is 2.33. The lowest BCUT2D eigenvalue weighted by molar-refractivity contribution is -0.119. The van der Waals surface area contributed by atoms with Gasteiger partial charge in [-0.15, -0.1) is 0 Å². The van der Waals surface area contributed by atoms with Gasteiger partial charge in [0, 0.05) is 31.0 Å². The minimum absolute atomic E-state index is 0.0124. The monoisotopic (exact) mass is 396 g/mol. The van der Waals surface area contributed by atoms with Gasteiger partial charge in [-0.2, -0.15) is 0 Å². The van der Waals surface area contributed by atoms with Crippen LogP contribution >= 0.6 is 0 Å². The predicted octanol–water partition coefficient (Wildman–Crippen LogP) is 3.39. The quantitative estimate of drug-likeness (QED) is 0.842. The Bertz CT molecular complexity index is 805. The Balaban J connectivity index is 1.27. The van der Waals surface area contributed by atoms with Gasteiger partial charge in [-0.05, 0) is 81.7 Å². The smallest absolute Gasteiger partial charge is 0.228 e. The van der Waals surface area contributed by atoms with Crippen LogP contribution in [-0.2, 0) is 11.3 Å². The van der Waals surface area contributed by atoms with Crippen molar-refractivity contribution in [1.82, 2.24) is 14.8 Å². The Morgan fingerprint density at radius 1 is 1.17 bits per heavy atom. The number of aromatic nitrogens is 1. The maximum Gasteiger partial charge on any atom is 0.228 e. The number of carbonyl (C=O) groups excluding carboxylic acids is 1. The zero-order valence-electron chi connectivity index (χ0n) is 16.9. The molecule has 0 bridgehead atoms. The molecule has 4 rings (SSSR count). The maximum absolute atomic E-state index is 13.1. The van der Waals surface area contributed by atoms with E-state index in [0.29, 0.717) is 17.6 Å². The molecule has 2 aliphatic heterocycles. The largest absolute Gasteiger partial charge is 0.326 e. The summed E-state index contributed by atoms with van der Waals surface area (Å²) in [5.74, 6) is 0.363. The van der Waals surface area contributed by atoms with Gasteiger partial charge in [-0.3, -0.25) is 14.7 Å². The number of hydrogen-bond donors (Lipinski definition) is 1. The van der Waals surface area contributed by atoms with Crippen LogP contribution in [0.5, 0.6) is 0 Å². The molecule has 2 fully saturated rings. The Morgan fingerprint density at radius 2 is 1.93 bits per heavy atom. The summed E-state index contributed by atoms with van der Waals surface area (Å²) >= 11 is 0. The van der Waals surface area contributed by atoms with Crippen LogP contribution < -0.4 is 5.32 Å². The number of pyridine rings is 1. The normalized spacial score (nSPS) is 23.9. The van der Waals surface area contributed by atoms with Gasteiger partial charge < -0.3 is 10.2 Å². The van der Waals surface area contributed by atoms with Crippen LogP contribution in [0.25, 0.3) is 0 Å². The molecule has 6 heteroatoms. The molecule has 1 aromatic heterocycles. The van der Waals surface area contributed by atoms with E-state index in [1.165, 1.54) is 12.1 Å². The molecular weight excluding hydrogens is 367 g/mol. The topological polar surface area (TPSA) is 48.5 Å². The molecule has 1 amide bonds. The number of nitrogens with one attached hydrogen (secondary N) is 1. The summed E-state index contributed by atoms with van der Waals surface area (Å²) in [5, 5.41) is 2.94. The molecule has 0 spiro atoms. The number of carbonyl (C=O) groups is 1. The van der Waals surface area contributed by atoms with Crippen LogP contribution in [0, 0.1) is 17.7 Å². The van der Waals surface area contributed by atoms with Crippen molar-refractivity contribution in [2.75, 3.05) is 32.0 Å². The molecule has 29 heavy (non-hydrogen) atoms. The Hall–Kier alpha value is -2.31. The van der Waals surface area contributed by atoms with Crippen LogP contribution in [0.4, 0.5) is 10.1 Å². The first-order valence-electron chi connectivity index (χ1n) is 10.5. The number of anilines is 1. The fourth-order valence-corrected chi connectivity index (χ4v) is 4.77. The number of hydrogen-bond acceptors (Lipinski definition) is 4. The summed E-state index contributed by atoms with van der Waals surface area (Å²) < 4.78 is 13.1. The highest BCUT2D eigenvalue weighted by Gasteiger charge is 2.39. The van der Waals surface area contributed by atoms with Gasteiger partial charge in [0.25, 0.3) is 0 Å². The molecule has 1 aromatic carbocycles. The molecule has 0 saturated carbocycles. The van der Waals surface area contributed by atoms with Crippen molar-refractivity contribution in [2.24, 2.45) is 11.8 Å². The molecule has 5 nitrogen and oxygen atoms in total. The first-order valence-corrected chi connectivity index (χ1v) is 10.5. The van der Waals surface area contributed by atoms with Crippen molar-refractivity contribution in [2.45, 2.75) is 31.8 Å². The van der Waals surface area contributed by atoms with Crippen LogP contribution in [0.1, 0.15) is 25.0 Å². The molecule has 1 N–H and O–H groups in total. The Morgan fingerprint density at radius 3 is 2.62 bits per heavy atom. The fraction of sp³-hybridized carbons (Fsp3) is 0.478. The molecule has 154 valence electrons. The predicted molar refractivity (Wildman–Crippen MR) is 112 cm³/mol. The van der Waals surface area contributed by atoms with E-state index < -0.39 is 0 Å². The lowest BCUT2D eigenvalue weighted by Crippen LogP contribution is -2.41. The van der Waals surface area contributed by atoms with Crippen LogP contribution in [-0.4, -0.2) is 53.4 Å². The first-order chi connectivity index (χ1) is 14.1. The highest BCUT2D eigenvalue weighted by molar-refractivity contribution is 5.92. The molecule has 0 unspecified atom stereocenters. The number of rotatable bonds is 5. The zero-order chi connectivity index (χ0) is 20.2. The number of amides is 1. The number of likely N-dealkylation sites (tertiary alicyclic amines) is 2. The lowest BCUT2D eigenvalue weighted by Gasteiger charge is -2.37. The standard InChI is InChI=1S/C23H29FN4O/c1-27-15-18(23(29)26-20-7-5-19(24)6-8-20)14-22(27)17-9-12-28(13-10-17)16-21-4-2-3-11-25-21/h2-8,11,17-18,22H,9-10,12-16H2,1H3,(H,26,29)/t18-,22+/m0/s1. The van der Waals surface area contributed by atoms with Gasteiger partial charge in [0.15, 0.2) is 0 Å². The third-order valence-electron chi connectivity index (χ3n) is 6.37. The lowest BCUT2D eigenvalue weighted by atomic mass is 9.86. The summed E-state index contributed by atoms with van der Waals surface area (Å²) in [6, 6.07) is 12.5. The SMILES string of the molecule is CN1C[C@@H](C(=O)Nc2ccc(F)cc2)C[C@@H]1C1CCN(Cc2ccccn2)CC1. The van der Waals surface area contributed by atoms with E-state index in [2.05, 4.69) is 33.2 Å². The number of nitrogens with zero attached hydrogens (tertiary/aromatic N) is 3. The molecule has 0 radical (unpaired) electrons. The van der Waals surface area contributed by atoms with E-state index in [9.17, 15) is 9.18 Å². The van der Waals surface area contributed by atoms with Crippen LogP contribution in [0.2, 0.25) is 0 Å². The summed E-state index contributed by atoms with van der Waals surface area (Å²) in [4.78, 5) is 22.0. The van der Waals surface area contributed by atoms with Crippen molar-refractivity contribution in [3.05, 3.63) is 60.2 Å². The summed E-state index contributed by atoms with van der Waals surface area (Å²) in [5.41, 5.74) is 1.78. The van der Waals surface area contributed by atoms with Gasteiger partial charge in [-0.25, -0.2) is 4.39 Å². The number of piperidine rings is 1. The summed E-state index contributed by atoms with van der Waals surface area (Å²) in [7, 11) is 2.14. The van der Waals surface area contributed by atoms with Crippen molar-refractivity contribution >= 4 is 11.6 Å². The second-order valence-corrected chi connectivity index (χ2v) is 8.37. The van der Waals surface area contributed by atoms with Gasteiger partial charge in [-0.1, -0.05) is 6.07 Å². The first kappa shape index (κ1) is 20.0. The highest BCUT2D eigenvalue weighted by atomic mass is 19.1. The third kappa shape index (κ3) is 5.00. The zero-order valence-corrected chi connectivity index (χ0v) is 16.9. The average molecular weight is 397 g/mol. The van der Waals surface area contributed by atoms with Gasteiger partial charge in [0.05, 0.1) is 11.6 Å². The second-order valence-electron chi connectivity index (χ2n) is 8.37. The minimum Gasteiger partial charge on any atom is -0.326 e. The Labute approximate surface area is 171 Å². The van der Waals surface area contributed by atoms with Crippen LogP contribution in [0.15, 0.2) is 48.7 Å². The number of halogens is 1. The van der Waals surface area contributed by atoms with Crippen molar-refractivity contribution in [1.29, 1.82) is 0 Å². The number of benzene rings is 1. The third-order valence-corrected chi connectivity index (χ3v) is 6.37. The van der Waals surface area contributed by atoms with Gasteiger partial charge >= 0.3 is 0 Å². The minimum atomic E-state index is -0.293. The molecule has 3 heterocycles. The van der Waals surface area contributed by atoms with Crippen molar-refractivity contribution in [3.8, 4) is 0 Å². The molecule has 2 saturated heterocycles. The summed E-state index contributed by atoms with van der Waals surface area (Å²) in [6.45, 7) is 3.86. The van der Waals surface area contributed by atoms with E-state index in [-0.39, 0.29) is 17.6 Å². The maximum atomic E-state index is 13.1. The van der Waals surface area contributed by atoms with E-state index in [4.69, 9.17) is 0 Å². The van der Waals surface area contributed by atoms with E-state index >= 15 is 0 Å². The summed E-state index contributed by atoms with van der Waals surface area (Å²) in [6.07, 6.45) is 5.07. The second kappa shape index (κ2) is 9.01. The van der Waals surface area contributed by atoms with Crippen molar-refractivity contribution in [3.63, 3.8) is 0 Å². The van der Waals surface area contributed by atoms with Gasteiger partial charge in [0.2, 0.25) is 5.91 Å². The fourth-order valence-electron chi connectivity index (χ4n) is 4.77. The van der Waals surface area contributed by atoms with Crippen molar-refractivity contribution < 1.29 is 9.18 Å². The van der Waals surface area contributed by atoms with Gasteiger partial charge in [0.1, 0.15) is 5.82 Å². The van der Waals surface area contributed by atoms with Crippen LogP contribution in [0.3, 0.4) is 0 Å². The molecular formula is C23H29FN4O. The molecule has 2 aromatic rings. The molecule has 2 atom stereocenters. The molecule has 0 aliphatic carbocycles. The van der Waals surface area contributed by atoms with E-state index in [0.717, 1.165) is 51.1 Å². The van der Waals surface area contributed by atoms with E-state index in [1.54, 1.807) is 12.1 Å². The Kier molecular flexibility index (Phi) is 6.21. The van der Waals surface area contributed by atoms with E-state index in [1.807, 2.05) is 18.3 Å².